The zero-order valence-corrected chi connectivity index (χ0v) is 16.4. The molecule has 7 heteroatoms. The van der Waals surface area contributed by atoms with E-state index in [1.165, 1.54) is 0 Å². The Kier molecular flexibility index (Phi) is 6.13. The molecular formula is C18H22N2O3S2. The molecule has 0 fully saturated rings. The Balaban J connectivity index is 2.22. The van der Waals surface area contributed by atoms with Crippen LogP contribution in [0.15, 0.2) is 47.4 Å². The van der Waals surface area contributed by atoms with Crippen molar-refractivity contribution in [3.63, 3.8) is 0 Å². The second-order valence-electron chi connectivity index (χ2n) is 5.82. The summed E-state index contributed by atoms with van der Waals surface area (Å²) in [6, 6.07) is 12.8. The molecule has 1 amide bonds. The predicted molar refractivity (Wildman–Crippen MR) is 105 cm³/mol. The Hall–Kier alpha value is -1.99. The topological polar surface area (TPSA) is 66.5 Å². The van der Waals surface area contributed by atoms with E-state index < -0.39 is 10.0 Å². The van der Waals surface area contributed by atoms with Crippen molar-refractivity contribution in [2.75, 3.05) is 28.7 Å². The standard InChI is InChI=1S/C18H22N2O3S2/c1-13-8-9-16(10-14(13)2)20(25(4,22)23)12-18(21)19-15-6-5-7-17(11-15)24-3/h5-11H,12H2,1-4H3,(H,19,21). The van der Waals surface area contributed by atoms with Crippen molar-refractivity contribution >= 4 is 39.1 Å². The molecule has 0 unspecified atom stereocenters. The van der Waals surface area contributed by atoms with Crippen LogP contribution in [0.3, 0.4) is 0 Å². The zero-order chi connectivity index (χ0) is 18.6. The van der Waals surface area contributed by atoms with Gasteiger partial charge in [0, 0.05) is 10.6 Å². The summed E-state index contributed by atoms with van der Waals surface area (Å²) in [6.07, 6.45) is 3.05. The fraction of sp³-hybridized carbons (Fsp3) is 0.278. The molecule has 0 radical (unpaired) electrons. The summed E-state index contributed by atoms with van der Waals surface area (Å²) in [5.74, 6) is -0.387. The first-order chi connectivity index (χ1) is 11.7. The van der Waals surface area contributed by atoms with Crippen molar-refractivity contribution in [2.24, 2.45) is 0 Å². The average molecular weight is 379 g/mol. The fourth-order valence-corrected chi connectivity index (χ4v) is 3.62. The molecule has 2 aromatic carbocycles. The molecule has 2 rings (SSSR count). The Bertz CT molecular complexity index is 880. The van der Waals surface area contributed by atoms with Crippen LogP contribution in [0.25, 0.3) is 0 Å². The van der Waals surface area contributed by atoms with Crippen molar-refractivity contribution in [3.8, 4) is 0 Å². The predicted octanol–water partition coefficient (Wildman–Crippen LogP) is 3.43. The average Bonchev–Trinajstić information content (AvgIpc) is 2.54. The smallest absolute Gasteiger partial charge is 0.245 e. The van der Waals surface area contributed by atoms with E-state index in [0.717, 1.165) is 26.6 Å². The van der Waals surface area contributed by atoms with E-state index >= 15 is 0 Å². The lowest BCUT2D eigenvalue weighted by atomic mass is 10.1. The van der Waals surface area contributed by atoms with Gasteiger partial charge in [0.15, 0.2) is 0 Å². The lowest BCUT2D eigenvalue weighted by Crippen LogP contribution is -2.37. The number of nitrogens with one attached hydrogen (secondary N) is 1. The van der Waals surface area contributed by atoms with Gasteiger partial charge in [-0.05, 0) is 61.6 Å². The number of hydrogen-bond donors (Lipinski definition) is 1. The maximum absolute atomic E-state index is 12.4. The highest BCUT2D eigenvalue weighted by Crippen LogP contribution is 2.22. The summed E-state index contributed by atoms with van der Waals surface area (Å²) in [4.78, 5) is 13.4. The van der Waals surface area contributed by atoms with Crippen LogP contribution in [-0.2, 0) is 14.8 Å². The maximum Gasteiger partial charge on any atom is 0.245 e. The SMILES string of the molecule is CSc1cccc(NC(=O)CN(c2ccc(C)c(C)c2)S(C)(=O)=O)c1. The summed E-state index contributed by atoms with van der Waals surface area (Å²) in [7, 11) is -3.58. The number of aryl methyl sites for hydroxylation is 2. The van der Waals surface area contributed by atoms with E-state index in [0.29, 0.717) is 11.4 Å². The maximum atomic E-state index is 12.4. The molecule has 0 aliphatic carbocycles. The number of thioether (sulfide) groups is 1. The molecule has 0 heterocycles. The minimum atomic E-state index is -3.58. The second kappa shape index (κ2) is 7.93. The number of carbonyl (C=O) groups is 1. The number of sulfonamides is 1. The van der Waals surface area contributed by atoms with Crippen LogP contribution in [0.2, 0.25) is 0 Å². The summed E-state index contributed by atoms with van der Waals surface area (Å²) >= 11 is 1.57. The van der Waals surface area contributed by atoms with Crippen molar-refractivity contribution in [1.82, 2.24) is 0 Å². The summed E-state index contributed by atoms with van der Waals surface area (Å²) in [5.41, 5.74) is 3.17. The minimum Gasteiger partial charge on any atom is -0.324 e. The largest absolute Gasteiger partial charge is 0.324 e. The van der Waals surface area contributed by atoms with E-state index in [2.05, 4.69) is 5.32 Å². The number of carbonyl (C=O) groups excluding carboxylic acids is 1. The van der Waals surface area contributed by atoms with Crippen LogP contribution in [0, 0.1) is 13.8 Å². The van der Waals surface area contributed by atoms with Crippen LogP contribution in [0.4, 0.5) is 11.4 Å². The quantitative estimate of drug-likeness (QED) is 0.782. The number of hydrogen-bond acceptors (Lipinski definition) is 4. The summed E-state index contributed by atoms with van der Waals surface area (Å²) < 4.78 is 25.4. The van der Waals surface area contributed by atoms with Gasteiger partial charge in [0.2, 0.25) is 15.9 Å². The first-order valence-electron chi connectivity index (χ1n) is 7.69. The monoisotopic (exact) mass is 378 g/mol. The van der Waals surface area contributed by atoms with Gasteiger partial charge in [-0.3, -0.25) is 9.10 Å². The molecule has 2 aromatic rings. The molecule has 25 heavy (non-hydrogen) atoms. The lowest BCUT2D eigenvalue weighted by molar-refractivity contribution is -0.114. The third kappa shape index (κ3) is 5.24. The Labute approximate surface area is 153 Å². The van der Waals surface area contributed by atoms with Gasteiger partial charge >= 0.3 is 0 Å². The van der Waals surface area contributed by atoms with Crippen LogP contribution in [0.1, 0.15) is 11.1 Å². The normalized spacial score (nSPS) is 11.2. The van der Waals surface area contributed by atoms with Gasteiger partial charge in [0.05, 0.1) is 11.9 Å². The van der Waals surface area contributed by atoms with Crippen LogP contribution in [0.5, 0.6) is 0 Å². The van der Waals surface area contributed by atoms with Gasteiger partial charge in [-0.15, -0.1) is 11.8 Å². The summed E-state index contributed by atoms with van der Waals surface area (Å²) in [5, 5.41) is 2.76. The Morgan fingerprint density at radius 1 is 1.12 bits per heavy atom. The molecule has 0 aliphatic rings. The third-order valence-electron chi connectivity index (χ3n) is 3.82. The number of benzene rings is 2. The van der Waals surface area contributed by atoms with E-state index in [-0.39, 0.29) is 12.5 Å². The molecule has 1 N–H and O–H groups in total. The molecule has 0 saturated heterocycles. The van der Waals surface area contributed by atoms with Crippen LogP contribution < -0.4 is 9.62 Å². The number of amides is 1. The number of rotatable bonds is 6. The summed E-state index contributed by atoms with van der Waals surface area (Å²) in [6.45, 7) is 3.59. The lowest BCUT2D eigenvalue weighted by Gasteiger charge is -2.22. The molecule has 5 nitrogen and oxygen atoms in total. The van der Waals surface area contributed by atoms with Crippen LogP contribution in [-0.4, -0.2) is 33.4 Å². The molecule has 0 bridgehead atoms. The van der Waals surface area contributed by atoms with Crippen molar-refractivity contribution < 1.29 is 13.2 Å². The van der Waals surface area contributed by atoms with Gasteiger partial charge in [-0.2, -0.15) is 0 Å². The first kappa shape index (κ1) is 19.3. The van der Waals surface area contributed by atoms with Crippen LogP contribution >= 0.6 is 11.8 Å². The number of anilines is 2. The first-order valence-corrected chi connectivity index (χ1v) is 10.8. The minimum absolute atomic E-state index is 0.273. The van der Waals surface area contributed by atoms with E-state index in [4.69, 9.17) is 0 Å². The fourth-order valence-electron chi connectivity index (χ4n) is 2.31. The highest BCUT2D eigenvalue weighted by atomic mass is 32.2. The van der Waals surface area contributed by atoms with Gasteiger partial charge in [0.1, 0.15) is 6.54 Å². The van der Waals surface area contributed by atoms with Gasteiger partial charge < -0.3 is 5.32 Å². The Morgan fingerprint density at radius 2 is 1.84 bits per heavy atom. The highest BCUT2D eigenvalue weighted by molar-refractivity contribution is 7.98. The van der Waals surface area contributed by atoms with Crippen molar-refractivity contribution in [2.45, 2.75) is 18.7 Å². The third-order valence-corrected chi connectivity index (χ3v) is 5.69. The molecule has 0 atom stereocenters. The van der Waals surface area contributed by atoms with E-state index in [1.807, 2.05) is 44.4 Å². The van der Waals surface area contributed by atoms with Crippen molar-refractivity contribution in [1.29, 1.82) is 0 Å². The van der Waals surface area contributed by atoms with Crippen molar-refractivity contribution in [3.05, 3.63) is 53.6 Å². The molecule has 0 spiro atoms. The second-order valence-corrected chi connectivity index (χ2v) is 8.60. The van der Waals surface area contributed by atoms with E-state index in [1.54, 1.807) is 30.0 Å². The molecule has 0 saturated carbocycles. The van der Waals surface area contributed by atoms with Gasteiger partial charge in [0.25, 0.3) is 0 Å². The molecular weight excluding hydrogens is 356 g/mol. The molecule has 0 aromatic heterocycles. The number of nitrogens with zero attached hydrogens (tertiary/aromatic N) is 1. The van der Waals surface area contributed by atoms with Gasteiger partial charge in [-0.1, -0.05) is 12.1 Å². The highest BCUT2D eigenvalue weighted by Gasteiger charge is 2.21. The zero-order valence-electron chi connectivity index (χ0n) is 14.7. The molecule has 134 valence electrons. The van der Waals surface area contributed by atoms with E-state index in [9.17, 15) is 13.2 Å². The molecule has 0 aliphatic heterocycles. The van der Waals surface area contributed by atoms with Gasteiger partial charge in [-0.25, -0.2) is 8.42 Å². The Morgan fingerprint density at radius 3 is 2.44 bits per heavy atom.